The maximum absolute atomic E-state index is 6.08. The molecule has 2 nitrogen and oxygen atoms in total. The Hall–Kier alpha value is -0.513. The van der Waals surface area contributed by atoms with Gasteiger partial charge >= 0.3 is 8.56 Å². The van der Waals surface area contributed by atoms with E-state index in [1.165, 1.54) is 122 Å². The van der Waals surface area contributed by atoms with E-state index in [1.807, 2.05) is 24.3 Å². The average Bonchev–Trinajstić information content (AvgIpc) is 2.79. The van der Waals surface area contributed by atoms with Crippen molar-refractivity contribution in [3.05, 3.63) is 29.3 Å². The Morgan fingerprint density at radius 1 is 0.618 bits per heavy atom. The molecule has 0 aromatic heterocycles. The lowest BCUT2D eigenvalue weighted by atomic mass is 10.0. The van der Waals surface area contributed by atoms with Crippen LogP contribution >= 0.6 is 11.6 Å². The molecule has 0 aliphatic heterocycles. The first-order chi connectivity index (χ1) is 16.5. The van der Waals surface area contributed by atoms with Crippen molar-refractivity contribution in [2.24, 2.45) is 0 Å². The van der Waals surface area contributed by atoms with Crippen molar-refractivity contribution >= 4 is 20.2 Å². The number of hydrogen-bond donors (Lipinski definition) is 0. The van der Waals surface area contributed by atoms with E-state index in [4.69, 9.17) is 20.5 Å². The van der Waals surface area contributed by atoms with Gasteiger partial charge in [-0.3, -0.25) is 0 Å². The molecule has 4 heteroatoms. The molecule has 1 rings (SSSR count). The molecule has 0 aliphatic carbocycles. The summed E-state index contributed by atoms with van der Waals surface area (Å²) in [7, 11) is -2.14. The standard InChI is InChI=1S/C30H55ClO2Si/c1-4-5-6-7-8-9-10-11-12-13-14-15-16-17-18-19-20-21-22-23-27-32-34(2,3)33-30-26-24-25-29(31)28-30/h24-26,28H,4-23,27H2,1-3H3. The Balaban J connectivity index is 1.78. The van der Waals surface area contributed by atoms with Gasteiger partial charge in [-0.2, -0.15) is 0 Å². The van der Waals surface area contributed by atoms with Crippen LogP contribution in [0.2, 0.25) is 18.1 Å². The normalized spacial score (nSPS) is 11.8. The Morgan fingerprint density at radius 2 is 1.03 bits per heavy atom. The summed E-state index contributed by atoms with van der Waals surface area (Å²) in [5.41, 5.74) is 0. The Bertz CT molecular complexity index is 579. The van der Waals surface area contributed by atoms with Crippen LogP contribution in [0.5, 0.6) is 5.75 Å². The first kappa shape index (κ1) is 31.5. The van der Waals surface area contributed by atoms with Gasteiger partial charge in [-0.1, -0.05) is 147 Å². The first-order valence-electron chi connectivity index (χ1n) is 14.6. The number of hydrogen-bond acceptors (Lipinski definition) is 2. The van der Waals surface area contributed by atoms with Crippen molar-refractivity contribution < 1.29 is 8.85 Å². The molecule has 0 radical (unpaired) electrons. The van der Waals surface area contributed by atoms with Crippen LogP contribution in [-0.4, -0.2) is 15.2 Å². The highest BCUT2D eigenvalue weighted by atomic mass is 35.5. The van der Waals surface area contributed by atoms with Crippen LogP contribution < -0.4 is 4.43 Å². The Morgan fingerprint density at radius 3 is 1.44 bits per heavy atom. The molecule has 0 amide bonds. The third-order valence-electron chi connectivity index (χ3n) is 6.61. The van der Waals surface area contributed by atoms with Gasteiger partial charge in [0.1, 0.15) is 5.75 Å². The minimum atomic E-state index is -2.14. The third-order valence-corrected chi connectivity index (χ3v) is 8.47. The average molecular weight is 511 g/mol. The third kappa shape index (κ3) is 19.8. The zero-order valence-corrected chi connectivity index (χ0v) is 24.6. The molecule has 0 unspecified atom stereocenters. The minimum Gasteiger partial charge on any atom is -0.520 e. The van der Waals surface area contributed by atoms with Crippen molar-refractivity contribution in [3.8, 4) is 5.75 Å². The van der Waals surface area contributed by atoms with E-state index < -0.39 is 8.56 Å². The van der Waals surface area contributed by atoms with Gasteiger partial charge in [-0.05, 0) is 37.7 Å². The number of halogens is 1. The summed E-state index contributed by atoms with van der Waals surface area (Å²) >= 11 is 6.04. The SMILES string of the molecule is CCCCCCCCCCCCCCCCCCCCCCO[Si](C)(C)Oc1cccc(Cl)c1. The van der Waals surface area contributed by atoms with Gasteiger partial charge in [0.2, 0.25) is 0 Å². The molecule has 198 valence electrons. The quantitative estimate of drug-likeness (QED) is 0.102. The summed E-state index contributed by atoms with van der Waals surface area (Å²) in [6.07, 6.45) is 28.2. The molecule has 0 fully saturated rings. The zero-order chi connectivity index (χ0) is 24.7. The lowest BCUT2D eigenvalue weighted by Gasteiger charge is -2.24. The van der Waals surface area contributed by atoms with E-state index in [0.717, 1.165) is 18.8 Å². The molecule has 0 saturated heterocycles. The summed E-state index contributed by atoms with van der Waals surface area (Å²) < 4.78 is 12.1. The Labute approximate surface area is 218 Å². The lowest BCUT2D eigenvalue weighted by molar-refractivity contribution is 0.240. The van der Waals surface area contributed by atoms with Crippen molar-refractivity contribution in [3.63, 3.8) is 0 Å². The fourth-order valence-corrected chi connectivity index (χ4v) is 6.09. The summed E-state index contributed by atoms with van der Waals surface area (Å²) in [6.45, 7) is 7.30. The maximum Gasteiger partial charge on any atom is 0.392 e. The highest BCUT2D eigenvalue weighted by Crippen LogP contribution is 2.21. The van der Waals surface area contributed by atoms with Crippen LogP contribution in [0.4, 0.5) is 0 Å². The van der Waals surface area contributed by atoms with Gasteiger partial charge in [0, 0.05) is 11.6 Å². The molecule has 34 heavy (non-hydrogen) atoms. The van der Waals surface area contributed by atoms with Crippen molar-refractivity contribution in [1.82, 2.24) is 0 Å². The maximum atomic E-state index is 6.08. The number of unbranched alkanes of at least 4 members (excludes halogenated alkanes) is 19. The predicted octanol–water partition coefficient (Wildman–Crippen LogP) is 11.3. The molecule has 0 N–H and O–H groups in total. The van der Waals surface area contributed by atoms with Gasteiger partial charge in [0.05, 0.1) is 0 Å². The monoisotopic (exact) mass is 510 g/mol. The highest BCUT2D eigenvalue weighted by molar-refractivity contribution is 6.65. The number of rotatable bonds is 24. The van der Waals surface area contributed by atoms with E-state index in [9.17, 15) is 0 Å². The second-order valence-corrected chi connectivity index (χ2v) is 14.3. The highest BCUT2D eigenvalue weighted by Gasteiger charge is 2.26. The molecule has 0 bridgehead atoms. The van der Waals surface area contributed by atoms with Crippen molar-refractivity contribution in [2.75, 3.05) is 6.61 Å². The second-order valence-electron chi connectivity index (χ2n) is 10.5. The van der Waals surface area contributed by atoms with Gasteiger partial charge in [0.15, 0.2) is 0 Å². The van der Waals surface area contributed by atoms with E-state index in [1.54, 1.807) is 0 Å². The molecular formula is C30H55ClO2Si. The van der Waals surface area contributed by atoms with Crippen LogP contribution in [-0.2, 0) is 4.43 Å². The van der Waals surface area contributed by atoms with Crippen LogP contribution in [0, 0.1) is 0 Å². The van der Waals surface area contributed by atoms with Crippen LogP contribution in [0.15, 0.2) is 24.3 Å². The molecule has 0 heterocycles. The Kier molecular flexibility index (Phi) is 20.2. The summed E-state index contributed by atoms with van der Waals surface area (Å²) in [5, 5.41) is 0.705. The fraction of sp³-hybridized carbons (Fsp3) is 0.800. The van der Waals surface area contributed by atoms with E-state index >= 15 is 0 Å². The molecule has 1 aromatic carbocycles. The van der Waals surface area contributed by atoms with Gasteiger partial charge in [-0.25, -0.2) is 0 Å². The molecule has 1 aromatic rings. The predicted molar refractivity (Wildman–Crippen MR) is 154 cm³/mol. The molecule has 0 saturated carbocycles. The van der Waals surface area contributed by atoms with Gasteiger partial charge in [-0.15, -0.1) is 0 Å². The molecule has 0 atom stereocenters. The minimum absolute atomic E-state index is 0.705. The molecular weight excluding hydrogens is 456 g/mol. The second kappa shape index (κ2) is 21.7. The van der Waals surface area contributed by atoms with Crippen LogP contribution in [0.25, 0.3) is 0 Å². The lowest BCUT2D eigenvalue weighted by Crippen LogP contribution is -2.38. The first-order valence-corrected chi connectivity index (χ1v) is 17.8. The topological polar surface area (TPSA) is 18.5 Å². The fourth-order valence-electron chi connectivity index (χ4n) is 4.52. The van der Waals surface area contributed by atoms with Crippen molar-refractivity contribution in [1.29, 1.82) is 0 Å². The number of benzene rings is 1. The van der Waals surface area contributed by atoms with E-state index in [0.29, 0.717) is 5.02 Å². The molecule has 0 aliphatic rings. The van der Waals surface area contributed by atoms with Crippen LogP contribution in [0.3, 0.4) is 0 Å². The summed E-state index contributed by atoms with van der Waals surface area (Å²) in [5.74, 6) is 0.813. The van der Waals surface area contributed by atoms with Crippen LogP contribution in [0.1, 0.15) is 135 Å². The smallest absolute Gasteiger partial charge is 0.392 e. The largest absolute Gasteiger partial charge is 0.520 e. The van der Waals surface area contributed by atoms with E-state index in [-0.39, 0.29) is 0 Å². The summed E-state index contributed by atoms with van der Waals surface area (Å²) in [6, 6.07) is 7.59. The van der Waals surface area contributed by atoms with Gasteiger partial charge in [0.25, 0.3) is 0 Å². The van der Waals surface area contributed by atoms with Gasteiger partial charge < -0.3 is 8.85 Å². The van der Waals surface area contributed by atoms with Crippen molar-refractivity contribution in [2.45, 2.75) is 148 Å². The molecule has 0 spiro atoms. The van der Waals surface area contributed by atoms with E-state index in [2.05, 4.69) is 20.0 Å². The zero-order valence-electron chi connectivity index (χ0n) is 22.9. The summed E-state index contributed by atoms with van der Waals surface area (Å²) in [4.78, 5) is 0.